The third-order valence-electron chi connectivity index (χ3n) is 2.23. The first-order valence-electron chi connectivity index (χ1n) is 5.86. The minimum absolute atomic E-state index is 0.395. The molecule has 92 valence electrons. The summed E-state index contributed by atoms with van der Waals surface area (Å²) in [5.74, 6) is 0.395. The number of ether oxygens (including phenoxy) is 2. The Hall–Kier alpha value is -1.60. The standard InChI is InChI=1S/C13H18N2O2/c1-3-4-7-16-8-9-17-13-12(10-14)6-5-11(2)15-13/h5-6H,3-4,7-9H2,1-2H3. The van der Waals surface area contributed by atoms with Crippen LogP contribution in [0.25, 0.3) is 0 Å². The van der Waals surface area contributed by atoms with Crippen LogP contribution >= 0.6 is 0 Å². The maximum Gasteiger partial charge on any atom is 0.231 e. The Morgan fingerprint density at radius 2 is 2.12 bits per heavy atom. The Balaban J connectivity index is 2.36. The predicted octanol–water partition coefficient (Wildman–Crippen LogP) is 2.46. The average Bonchev–Trinajstić information content (AvgIpc) is 2.34. The molecule has 0 fully saturated rings. The number of nitrogens with zero attached hydrogens (tertiary/aromatic N) is 2. The first-order chi connectivity index (χ1) is 8.27. The van der Waals surface area contributed by atoms with Crippen molar-refractivity contribution in [3.05, 3.63) is 23.4 Å². The lowest BCUT2D eigenvalue weighted by Gasteiger charge is -2.07. The molecule has 0 aliphatic rings. The van der Waals surface area contributed by atoms with E-state index in [-0.39, 0.29) is 0 Å². The summed E-state index contributed by atoms with van der Waals surface area (Å²) in [6.45, 7) is 5.70. The van der Waals surface area contributed by atoms with Gasteiger partial charge in [-0.2, -0.15) is 5.26 Å². The van der Waals surface area contributed by atoms with E-state index in [0.717, 1.165) is 25.1 Å². The lowest BCUT2D eigenvalue weighted by Crippen LogP contribution is -2.09. The summed E-state index contributed by atoms with van der Waals surface area (Å²) in [7, 11) is 0. The van der Waals surface area contributed by atoms with Gasteiger partial charge in [0.05, 0.1) is 6.61 Å². The molecular weight excluding hydrogens is 216 g/mol. The van der Waals surface area contributed by atoms with Crippen molar-refractivity contribution in [1.82, 2.24) is 4.98 Å². The van der Waals surface area contributed by atoms with Crippen molar-refractivity contribution >= 4 is 0 Å². The largest absolute Gasteiger partial charge is 0.474 e. The molecule has 1 aromatic rings. The second-order valence-corrected chi connectivity index (χ2v) is 3.73. The summed E-state index contributed by atoms with van der Waals surface area (Å²) < 4.78 is 10.8. The molecule has 1 aromatic heterocycles. The van der Waals surface area contributed by atoms with E-state index >= 15 is 0 Å². The zero-order chi connectivity index (χ0) is 12.5. The van der Waals surface area contributed by atoms with Gasteiger partial charge in [-0.25, -0.2) is 4.98 Å². The Kier molecular flexibility index (Phi) is 6.05. The van der Waals surface area contributed by atoms with Crippen LogP contribution in [-0.2, 0) is 4.74 Å². The van der Waals surface area contributed by atoms with Crippen LogP contribution in [0.15, 0.2) is 12.1 Å². The zero-order valence-electron chi connectivity index (χ0n) is 10.4. The SMILES string of the molecule is CCCCOCCOc1nc(C)ccc1C#N. The van der Waals surface area contributed by atoms with Crippen molar-refractivity contribution in [2.45, 2.75) is 26.7 Å². The summed E-state index contributed by atoms with van der Waals surface area (Å²) in [5.41, 5.74) is 1.30. The molecule has 0 saturated heterocycles. The van der Waals surface area contributed by atoms with Gasteiger partial charge in [-0.15, -0.1) is 0 Å². The number of aryl methyl sites for hydroxylation is 1. The lowest BCUT2D eigenvalue weighted by atomic mass is 10.2. The van der Waals surface area contributed by atoms with E-state index in [1.165, 1.54) is 0 Å². The first-order valence-corrected chi connectivity index (χ1v) is 5.86. The van der Waals surface area contributed by atoms with Crippen LogP contribution in [0.4, 0.5) is 0 Å². The molecule has 0 spiro atoms. The van der Waals surface area contributed by atoms with Gasteiger partial charge < -0.3 is 9.47 Å². The summed E-state index contributed by atoms with van der Waals surface area (Å²) in [6.07, 6.45) is 2.19. The van der Waals surface area contributed by atoms with E-state index in [9.17, 15) is 0 Å². The summed E-state index contributed by atoms with van der Waals surface area (Å²) in [5, 5.41) is 8.88. The van der Waals surface area contributed by atoms with Crippen molar-refractivity contribution in [3.8, 4) is 11.9 Å². The van der Waals surface area contributed by atoms with Crippen LogP contribution in [0.2, 0.25) is 0 Å². The molecule has 1 rings (SSSR count). The van der Waals surface area contributed by atoms with E-state index in [1.54, 1.807) is 12.1 Å². The van der Waals surface area contributed by atoms with Crippen molar-refractivity contribution in [3.63, 3.8) is 0 Å². The van der Waals surface area contributed by atoms with Gasteiger partial charge in [-0.05, 0) is 25.5 Å². The highest BCUT2D eigenvalue weighted by atomic mass is 16.5. The molecule has 0 atom stereocenters. The van der Waals surface area contributed by atoms with Crippen LogP contribution in [0.1, 0.15) is 31.0 Å². The van der Waals surface area contributed by atoms with Crippen molar-refractivity contribution in [1.29, 1.82) is 5.26 Å². The van der Waals surface area contributed by atoms with E-state index < -0.39 is 0 Å². The number of nitriles is 1. The Labute approximate surface area is 102 Å². The van der Waals surface area contributed by atoms with Crippen LogP contribution in [-0.4, -0.2) is 24.8 Å². The van der Waals surface area contributed by atoms with Gasteiger partial charge in [0.25, 0.3) is 0 Å². The highest BCUT2D eigenvalue weighted by molar-refractivity contribution is 5.38. The van der Waals surface area contributed by atoms with E-state index in [0.29, 0.717) is 24.7 Å². The quantitative estimate of drug-likeness (QED) is 0.680. The van der Waals surface area contributed by atoms with Crippen LogP contribution in [0.5, 0.6) is 5.88 Å². The van der Waals surface area contributed by atoms with E-state index in [4.69, 9.17) is 14.7 Å². The maximum absolute atomic E-state index is 8.88. The molecule has 0 aliphatic carbocycles. The normalized spacial score (nSPS) is 9.94. The van der Waals surface area contributed by atoms with Gasteiger partial charge in [0.15, 0.2) is 0 Å². The molecule has 4 heteroatoms. The van der Waals surface area contributed by atoms with Crippen molar-refractivity contribution < 1.29 is 9.47 Å². The van der Waals surface area contributed by atoms with Crippen molar-refractivity contribution in [2.24, 2.45) is 0 Å². The monoisotopic (exact) mass is 234 g/mol. The fourth-order valence-corrected chi connectivity index (χ4v) is 1.27. The molecule has 1 heterocycles. The van der Waals surface area contributed by atoms with Gasteiger partial charge >= 0.3 is 0 Å². The molecule has 17 heavy (non-hydrogen) atoms. The number of hydrogen-bond donors (Lipinski definition) is 0. The molecule has 0 bridgehead atoms. The summed E-state index contributed by atoms with van der Waals surface area (Å²) in [4.78, 5) is 4.18. The van der Waals surface area contributed by atoms with Crippen LogP contribution < -0.4 is 4.74 Å². The fraction of sp³-hybridized carbons (Fsp3) is 0.538. The molecule has 0 aliphatic heterocycles. The molecule has 0 radical (unpaired) electrons. The Morgan fingerprint density at radius 3 is 2.82 bits per heavy atom. The number of rotatable bonds is 7. The predicted molar refractivity (Wildman–Crippen MR) is 64.9 cm³/mol. The van der Waals surface area contributed by atoms with Gasteiger partial charge in [0, 0.05) is 12.3 Å². The van der Waals surface area contributed by atoms with Gasteiger partial charge in [-0.1, -0.05) is 13.3 Å². The van der Waals surface area contributed by atoms with Crippen molar-refractivity contribution in [2.75, 3.05) is 19.8 Å². The summed E-state index contributed by atoms with van der Waals surface area (Å²) >= 11 is 0. The highest BCUT2D eigenvalue weighted by Crippen LogP contribution is 2.14. The number of aromatic nitrogens is 1. The second-order valence-electron chi connectivity index (χ2n) is 3.73. The molecule has 4 nitrogen and oxygen atoms in total. The summed E-state index contributed by atoms with van der Waals surface area (Å²) in [6, 6.07) is 5.57. The molecule has 0 saturated carbocycles. The molecule has 0 amide bonds. The molecule has 0 N–H and O–H groups in total. The van der Waals surface area contributed by atoms with E-state index in [1.807, 2.05) is 6.92 Å². The third-order valence-corrected chi connectivity index (χ3v) is 2.23. The van der Waals surface area contributed by atoms with Gasteiger partial charge in [0.1, 0.15) is 18.2 Å². The highest BCUT2D eigenvalue weighted by Gasteiger charge is 2.04. The molecule has 0 unspecified atom stereocenters. The third kappa shape index (κ3) is 4.83. The Bertz CT molecular complexity index is 385. The van der Waals surface area contributed by atoms with E-state index in [2.05, 4.69) is 18.0 Å². The topological polar surface area (TPSA) is 55.1 Å². The minimum atomic E-state index is 0.395. The van der Waals surface area contributed by atoms with Crippen LogP contribution in [0, 0.1) is 18.3 Å². The minimum Gasteiger partial charge on any atom is -0.474 e. The Morgan fingerprint density at radius 1 is 1.29 bits per heavy atom. The number of pyridine rings is 1. The first kappa shape index (κ1) is 13.5. The van der Waals surface area contributed by atoms with Gasteiger partial charge in [0.2, 0.25) is 5.88 Å². The van der Waals surface area contributed by atoms with Crippen LogP contribution in [0.3, 0.4) is 0 Å². The fourth-order valence-electron chi connectivity index (χ4n) is 1.27. The lowest BCUT2D eigenvalue weighted by molar-refractivity contribution is 0.0963. The smallest absolute Gasteiger partial charge is 0.231 e. The maximum atomic E-state index is 8.88. The van der Waals surface area contributed by atoms with Gasteiger partial charge in [-0.3, -0.25) is 0 Å². The molecular formula is C13H18N2O2. The zero-order valence-corrected chi connectivity index (χ0v) is 10.4. The average molecular weight is 234 g/mol. The second kappa shape index (κ2) is 7.64. The number of unbranched alkanes of at least 4 members (excludes halogenated alkanes) is 1. The molecule has 0 aromatic carbocycles. The number of hydrogen-bond acceptors (Lipinski definition) is 4.